The maximum atomic E-state index is 14.2. The number of hydrogen-bond acceptors (Lipinski definition) is 5. The van der Waals surface area contributed by atoms with Crippen LogP contribution in [0.1, 0.15) is 70.3 Å². The lowest BCUT2D eigenvalue weighted by molar-refractivity contribution is -0.0314. The van der Waals surface area contributed by atoms with Gasteiger partial charge in [-0.2, -0.15) is 0 Å². The Bertz CT molecular complexity index is 1330. The van der Waals surface area contributed by atoms with Crippen molar-refractivity contribution in [2.45, 2.75) is 45.8 Å². The molecule has 4 amide bonds. The largest absolute Gasteiger partial charge is 0.442 e. The first-order chi connectivity index (χ1) is 18.7. The van der Waals surface area contributed by atoms with Crippen LogP contribution in [0.15, 0.2) is 84.9 Å². The quantitative estimate of drug-likeness (QED) is 0.406. The number of likely N-dealkylation sites (tertiary alicyclic amines) is 1. The van der Waals surface area contributed by atoms with Crippen molar-refractivity contribution in [2.24, 2.45) is 0 Å². The molecule has 3 aromatic carbocycles. The Hall–Kier alpha value is -4.46. The van der Waals surface area contributed by atoms with Crippen LogP contribution in [-0.4, -0.2) is 57.4 Å². The van der Waals surface area contributed by atoms with Gasteiger partial charge in [0.1, 0.15) is 5.60 Å². The fourth-order valence-corrected chi connectivity index (χ4v) is 4.38. The highest BCUT2D eigenvalue weighted by Crippen LogP contribution is 2.23. The molecule has 0 atom stereocenters. The van der Waals surface area contributed by atoms with Crippen LogP contribution >= 0.6 is 0 Å². The summed E-state index contributed by atoms with van der Waals surface area (Å²) in [5, 5.41) is 1.81. The lowest BCUT2D eigenvalue weighted by atomic mass is 10.1. The molecule has 8 heteroatoms. The Balaban J connectivity index is 1.82. The molecular weight excluding hydrogens is 494 g/mol. The Kier molecular flexibility index (Phi) is 8.44. The van der Waals surface area contributed by atoms with Crippen molar-refractivity contribution in [1.82, 2.24) is 14.9 Å². The SMILES string of the molecule is CC(C)(C)OC(=O)N(C(=O)c1ccccc1C(=O)N1CCCC1)N(Cc1ccccc1)C(=O)c1ccccc1. The highest BCUT2D eigenvalue weighted by atomic mass is 16.6. The highest BCUT2D eigenvalue weighted by molar-refractivity contribution is 6.12. The minimum absolute atomic E-state index is 0.0131. The molecule has 1 fully saturated rings. The third-order valence-corrected chi connectivity index (χ3v) is 6.21. The summed E-state index contributed by atoms with van der Waals surface area (Å²) in [6.45, 7) is 6.16. The first kappa shape index (κ1) is 27.6. The van der Waals surface area contributed by atoms with Crippen molar-refractivity contribution >= 4 is 23.8 Å². The molecule has 1 saturated heterocycles. The smallest absolute Gasteiger partial charge is 0.437 e. The van der Waals surface area contributed by atoms with Gasteiger partial charge in [0, 0.05) is 18.7 Å². The topological polar surface area (TPSA) is 87.2 Å². The molecule has 1 heterocycles. The lowest BCUT2D eigenvalue weighted by Crippen LogP contribution is -2.54. The maximum absolute atomic E-state index is 14.2. The van der Waals surface area contributed by atoms with E-state index in [1.54, 1.807) is 86.3 Å². The molecule has 1 aliphatic rings. The Morgan fingerprint density at radius 3 is 1.87 bits per heavy atom. The number of rotatable bonds is 5. The molecule has 0 N–H and O–H groups in total. The molecule has 3 aromatic rings. The van der Waals surface area contributed by atoms with E-state index >= 15 is 0 Å². The minimum Gasteiger partial charge on any atom is -0.442 e. The number of carbonyl (C=O) groups excluding carboxylic acids is 4. The third-order valence-electron chi connectivity index (χ3n) is 6.21. The Morgan fingerprint density at radius 2 is 1.28 bits per heavy atom. The summed E-state index contributed by atoms with van der Waals surface area (Å²) >= 11 is 0. The van der Waals surface area contributed by atoms with E-state index in [1.807, 2.05) is 18.2 Å². The standard InChI is InChI=1S/C31H33N3O5/c1-31(2,3)39-30(38)34(29(37)26-19-11-10-18-25(26)28(36)32-20-12-13-21-32)33(22-23-14-6-4-7-15-23)27(35)24-16-8-5-9-17-24/h4-11,14-19H,12-13,20-22H2,1-3H3. The molecule has 8 nitrogen and oxygen atoms in total. The predicted octanol–water partition coefficient (Wildman–Crippen LogP) is 5.56. The van der Waals surface area contributed by atoms with Gasteiger partial charge in [0.2, 0.25) is 0 Å². The predicted molar refractivity (Wildman–Crippen MR) is 147 cm³/mol. The van der Waals surface area contributed by atoms with Crippen molar-refractivity contribution in [3.8, 4) is 0 Å². The number of carbonyl (C=O) groups is 4. The molecular formula is C31H33N3O5. The van der Waals surface area contributed by atoms with E-state index in [4.69, 9.17) is 4.74 Å². The summed E-state index contributed by atoms with van der Waals surface area (Å²) in [6, 6.07) is 23.8. The highest BCUT2D eigenvalue weighted by Gasteiger charge is 2.38. The van der Waals surface area contributed by atoms with Crippen LogP contribution in [0.5, 0.6) is 0 Å². The van der Waals surface area contributed by atoms with Crippen LogP contribution in [0.4, 0.5) is 4.79 Å². The Morgan fingerprint density at radius 1 is 0.744 bits per heavy atom. The van der Waals surface area contributed by atoms with Gasteiger partial charge in [0.25, 0.3) is 17.7 Å². The van der Waals surface area contributed by atoms with Crippen LogP contribution in [-0.2, 0) is 11.3 Å². The monoisotopic (exact) mass is 527 g/mol. The van der Waals surface area contributed by atoms with Crippen molar-refractivity contribution in [2.75, 3.05) is 13.1 Å². The van der Waals surface area contributed by atoms with Gasteiger partial charge in [-0.3, -0.25) is 14.4 Å². The molecule has 39 heavy (non-hydrogen) atoms. The van der Waals surface area contributed by atoms with Crippen LogP contribution < -0.4 is 0 Å². The zero-order valence-electron chi connectivity index (χ0n) is 22.5. The number of imide groups is 1. The molecule has 4 rings (SSSR count). The van der Waals surface area contributed by atoms with Gasteiger partial charge in [-0.05, 0) is 63.4 Å². The van der Waals surface area contributed by atoms with Gasteiger partial charge >= 0.3 is 6.09 Å². The fraction of sp³-hybridized carbons (Fsp3) is 0.290. The van der Waals surface area contributed by atoms with Crippen LogP contribution in [0.2, 0.25) is 0 Å². The first-order valence-electron chi connectivity index (χ1n) is 13.0. The van der Waals surface area contributed by atoms with Gasteiger partial charge in [0.05, 0.1) is 17.7 Å². The van der Waals surface area contributed by atoms with Gasteiger partial charge in [-0.25, -0.2) is 9.80 Å². The molecule has 0 unspecified atom stereocenters. The normalized spacial score (nSPS) is 13.1. The molecule has 0 aromatic heterocycles. The van der Waals surface area contributed by atoms with E-state index in [1.165, 1.54) is 6.07 Å². The average molecular weight is 528 g/mol. The summed E-state index contributed by atoms with van der Waals surface area (Å²) < 4.78 is 5.62. The summed E-state index contributed by atoms with van der Waals surface area (Å²) in [4.78, 5) is 56.8. The number of amides is 4. The number of nitrogens with zero attached hydrogens (tertiary/aromatic N) is 3. The molecule has 1 aliphatic heterocycles. The fourth-order valence-electron chi connectivity index (χ4n) is 4.38. The second-order valence-electron chi connectivity index (χ2n) is 10.4. The van der Waals surface area contributed by atoms with Crippen LogP contribution in [0.3, 0.4) is 0 Å². The van der Waals surface area contributed by atoms with E-state index in [9.17, 15) is 19.2 Å². The van der Waals surface area contributed by atoms with Crippen LogP contribution in [0.25, 0.3) is 0 Å². The zero-order valence-corrected chi connectivity index (χ0v) is 22.5. The summed E-state index contributed by atoms with van der Waals surface area (Å²) in [7, 11) is 0. The van der Waals surface area contributed by atoms with Crippen molar-refractivity contribution in [3.05, 3.63) is 107 Å². The molecule has 202 valence electrons. The van der Waals surface area contributed by atoms with Crippen LogP contribution in [0, 0.1) is 0 Å². The maximum Gasteiger partial charge on any atom is 0.437 e. The minimum atomic E-state index is -1.02. The van der Waals surface area contributed by atoms with E-state index in [0.29, 0.717) is 18.7 Å². The van der Waals surface area contributed by atoms with Gasteiger partial charge < -0.3 is 9.64 Å². The van der Waals surface area contributed by atoms with E-state index in [-0.39, 0.29) is 29.1 Å². The average Bonchev–Trinajstić information content (AvgIpc) is 3.47. The number of ether oxygens (including phenoxy) is 1. The number of hydrazine groups is 1. The van der Waals surface area contributed by atoms with Gasteiger partial charge in [0.15, 0.2) is 0 Å². The lowest BCUT2D eigenvalue weighted by Gasteiger charge is -2.35. The van der Waals surface area contributed by atoms with Gasteiger partial charge in [-0.1, -0.05) is 60.7 Å². The Labute approximate surface area is 228 Å². The van der Waals surface area contributed by atoms with E-state index < -0.39 is 23.5 Å². The van der Waals surface area contributed by atoms with Crippen molar-refractivity contribution in [1.29, 1.82) is 0 Å². The first-order valence-corrected chi connectivity index (χ1v) is 13.0. The molecule has 0 spiro atoms. The summed E-state index contributed by atoms with van der Waals surface area (Å²) in [6.07, 6.45) is 0.765. The van der Waals surface area contributed by atoms with Crippen molar-refractivity contribution < 1.29 is 23.9 Å². The molecule has 0 radical (unpaired) electrons. The number of hydrogen-bond donors (Lipinski definition) is 0. The number of benzene rings is 3. The second-order valence-corrected chi connectivity index (χ2v) is 10.4. The van der Waals surface area contributed by atoms with Gasteiger partial charge in [-0.15, -0.1) is 5.01 Å². The molecule has 0 bridgehead atoms. The van der Waals surface area contributed by atoms with E-state index in [2.05, 4.69) is 0 Å². The van der Waals surface area contributed by atoms with E-state index in [0.717, 1.165) is 22.9 Å². The summed E-state index contributed by atoms with van der Waals surface area (Å²) in [5.74, 6) is -1.68. The zero-order chi connectivity index (χ0) is 28.0. The summed E-state index contributed by atoms with van der Waals surface area (Å²) in [5.41, 5.74) is 0.221. The molecule has 0 saturated carbocycles. The second kappa shape index (κ2) is 11.9. The van der Waals surface area contributed by atoms with Crippen molar-refractivity contribution in [3.63, 3.8) is 0 Å². The molecule has 0 aliphatic carbocycles. The third kappa shape index (κ3) is 6.71.